The van der Waals surface area contributed by atoms with Gasteiger partial charge in [-0.3, -0.25) is 9.59 Å². The molecular formula is C24H22F3NO3. The highest BCUT2D eigenvalue weighted by Crippen LogP contribution is 2.55. The Morgan fingerprint density at radius 3 is 2.13 bits per heavy atom. The lowest BCUT2D eigenvalue weighted by Gasteiger charge is -2.58. The largest absolute Gasteiger partial charge is 0.390 e. The fraction of sp³-hybridized carbons (Fsp3) is 0.417. The van der Waals surface area contributed by atoms with Gasteiger partial charge in [0.1, 0.15) is 23.0 Å². The Balaban J connectivity index is 1.38. The fourth-order valence-corrected chi connectivity index (χ4v) is 6.16. The zero-order valence-electron chi connectivity index (χ0n) is 16.7. The van der Waals surface area contributed by atoms with E-state index in [4.69, 9.17) is 0 Å². The predicted molar refractivity (Wildman–Crippen MR) is 106 cm³/mol. The van der Waals surface area contributed by atoms with Gasteiger partial charge in [-0.1, -0.05) is 12.1 Å². The van der Waals surface area contributed by atoms with Gasteiger partial charge in [0.25, 0.3) is 5.91 Å². The zero-order valence-corrected chi connectivity index (χ0v) is 16.7. The van der Waals surface area contributed by atoms with Crippen LogP contribution < -0.4 is 5.32 Å². The van der Waals surface area contributed by atoms with Crippen LogP contribution in [0.3, 0.4) is 0 Å². The van der Waals surface area contributed by atoms with Crippen molar-refractivity contribution in [1.29, 1.82) is 0 Å². The molecule has 31 heavy (non-hydrogen) atoms. The molecule has 0 radical (unpaired) electrons. The number of hydrogen-bond acceptors (Lipinski definition) is 3. The molecule has 0 aliphatic heterocycles. The van der Waals surface area contributed by atoms with Gasteiger partial charge in [0.2, 0.25) is 0 Å². The van der Waals surface area contributed by atoms with Crippen molar-refractivity contribution >= 4 is 11.7 Å². The second-order valence-corrected chi connectivity index (χ2v) is 9.32. The molecule has 0 heterocycles. The van der Waals surface area contributed by atoms with E-state index in [0.717, 1.165) is 37.5 Å². The minimum atomic E-state index is -1.17. The molecule has 2 N–H and O–H groups in total. The Bertz CT molecular complexity index is 1050. The Kier molecular flexibility index (Phi) is 4.70. The highest BCUT2D eigenvalue weighted by atomic mass is 19.1. The molecule has 2 aromatic rings. The molecule has 4 saturated carbocycles. The minimum absolute atomic E-state index is 0.0910. The summed E-state index contributed by atoms with van der Waals surface area (Å²) in [5.41, 5.74) is -2.10. The monoisotopic (exact) mass is 429 g/mol. The standard InChI is InChI=1S/C24H22F3NO3/c25-17-4-2-1-3-16(17)22(29)13-7-18(26)20(19(27)8-13)23(30)28-21-14-5-12-6-15(21)11-24(31,9-12)10-14/h1-4,7-8,12,14-15,21,31H,5-6,9-11H2,(H,28,30). The first-order valence-corrected chi connectivity index (χ1v) is 10.6. The molecule has 2 aromatic carbocycles. The van der Waals surface area contributed by atoms with Gasteiger partial charge in [0.05, 0.1) is 11.2 Å². The number of amides is 1. The number of benzene rings is 2. The maximum Gasteiger partial charge on any atom is 0.257 e. The van der Waals surface area contributed by atoms with Gasteiger partial charge in [-0.05, 0) is 74.1 Å². The summed E-state index contributed by atoms with van der Waals surface area (Å²) in [5.74, 6) is -4.24. The van der Waals surface area contributed by atoms with E-state index in [-0.39, 0.29) is 29.0 Å². The minimum Gasteiger partial charge on any atom is -0.390 e. The maximum absolute atomic E-state index is 14.7. The van der Waals surface area contributed by atoms with Crippen molar-refractivity contribution in [2.24, 2.45) is 17.8 Å². The van der Waals surface area contributed by atoms with Gasteiger partial charge < -0.3 is 10.4 Å². The van der Waals surface area contributed by atoms with E-state index in [1.807, 2.05) is 0 Å². The van der Waals surface area contributed by atoms with Crippen LogP contribution in [0.2, 0.25) is 0 Å². The molecule has 4 nitrogen and oxygen atoms in total. The van der Waals surface area contributed by atoms with Crippen LogP contribution in [0, 0.1) is 35.2 Å². The fourth-order valence-electron chi connectivity index (χ4n) is 6.16. The van der Waals surface area contributed by atoms with Crippen LogP contribution in [0.1, 0.15) is 58.4 Å². The zero-order chi connectivity index (χ0) is 21.9. The Morgan fingerprint density at radius 2 is 1.55 bits per heavy atom. The normalized spacial score (nSPS) is 31.0. The average molecular weight is 429 g/mol. The number of halogens is 3. The number of aliphatic hydroxyl groups is 1. The second kappa shape index (κ2) is 7.19. The third kappa shape index (κ3) is 3.45. The highest BCUT2D eigenvalue weighted by molar-refractivity contribution is 6.09. The number of carbonyl (C=O) groups is 2. The molecule has 4 aliphatic carbocycles. The second-order valence-electron chi connectivity index (χ2n) is 9.32. The molecule has 4 bridgehead atoms. The van der Waals surface area contributed by atoms with Gasteiger partial charge >= 0.3 is 0 Å². The Labute approximate surface area is 177 Å². The summed E-state index contributed by atoms with van der Waals surface area (Å²) in [6, 6.07) is 6.48. The molecule has 6 rings (SSSR count). The molecule has 0 aromatic heterocycles. The van der Waals surface area contributed by atoms with Crippen LogP contribution in [0.25, 0.3) is 0 Å². The molecule has 4 fully saturated rings. The predicted octanol–water partition coefficient (Wildman–Crippen LogP) is 4.00. The molecule has 7 heteroatoms. The van der Waals surface area contributed by atoms with Gasteiger partial charge in [-0.15, -0.1) is 0 Å². The molecule has 0 spiro atoms. The molecular weight excluding hydrogens is 407 g/mol. The van der Waals surface area contributed by atoms with E-state index in [1.165, 1.54) is 18.2 Å². The van der Waals surface area contributed by atoms with E-state index in [9.17, 15) is 27.9 Å². The molecule has 2 unspecified atom stereocenters. The van der Waals surface area contributed by atoms with Crippen molar-refractivity contribution in [1.82, 2.24) is 5.32 Å². The number of hydrogen-bond donors (Lipinski definition) is 2. The van der Waals surface area contributed by atoms with Gasteiger partial charge in [0, 0.05) is 11.6 Å². The van der Waals surface area contributed by atoms with Crippen LogP contribution in [0.5, 0.6) is 0 Å². The topological polar surface area (TPSA) is 66.4 Å². The molecule has 162 valence electrons. The first kappa shape index (κ1) is 20.2. The van der Waals surface area contributed by atoms with Crippen molar-refractivity contribution < 1.29 is 27.9 Å². The molecule has 1 amide bonds. The van der Waals surface area contributed by atoms with Gasteiger partial charge in [-0.25, -0.2) is 13.2 Å². The summed E-state index contributed by atoms with van der Waals surface area (Å²) in [6.45, 7) is 0. The van der Waals surface area contributed by atoms with Crippen molar-refractivity contribution in [2.75, 3.05) is 0 Å². The van der Waals surface area contributed by atoms with Crippen molar-refractivity contribution in [2.45, 2.75) is 43.7 Å². The van der Waals surface area contributed by atoms with E-state index in [1.54, 1.807) is 0 Å². The summed E-state index contributed by atoms with van der Waals surface area (Å²) in [6.07, 6.45) is 3.76. The van der Waals surface area contributed by atoms with Gasteiger partial charge in [0.15, 0.2) is 5.78 Å². The maximum atomic E-state index is 14.7. The van der Waals surface area contributed by atoms with Crippen LogP contribution in [0.15, 0.2) is 36.4 Å². The van der Waals surface area contributed by atoms with Gasteiger partial charge in [-0.2, -0.15) is 0 Å². The summed E-state index contributed by atoms with van der Waals surface area (Å²) in [5, 5.41) is 13.5. The van der Waals surface area contributed by atoms with E-state index < -0.39 is 40.3 Å². The smallest absolute Gasteiger partial charge is 0.257 e. The summed E-state index contributed by atoms with van der Waals surface area (Å²) < 4.78 is 43.3. The molecule has 4 aliphatic rings. The number of ketones is 1. The number of rotatable bonds is 4. The third-order valence-electron chi connectivity index (χ3n) is 7.19. The van der Waals surface area contributed by atoms with E-state index >= 15 is 0 Å². The van der Waals surface area contributed by atoms with E-state index in [0.29, 0.717) is 18.8 Å². The number of nitrogens with one attached hydrogen (secondary N) is 1. The van der Waals surface area contributed by atoms with E-state index in [2.05, 4.69) is 5.32 Å². The third-order valence-corrected chi connectivity index (χ3v) is 7.19. The Morgan fingerprint density at radius 1 is 0.935 bits per heavy atom. The Hall–Kier alpha value is -2.67. The summed E-state index contributed by atoms with van der Waals surface area (Å²) in [7, 11) is 0. The summed E-state index contributed by atoms with van der Waals surface area (Å²) in [4.78, 5) is 25.2. The van der Waals surface area contributed by atoms with Crippen molar-refractivity contribution in [3.05, 3.63) is 70.5 Å². The SMILES string of the molecule is O=C(c1cc(F)c(C(=O)NC2C3CC4CC2CC(O)(C4)C3)c(F)c1)c1ccccc1F. The first-order valence-electron chi connectivity index (χ1n) is 10.6. The van der Waals surface area contributed by atoms with Crippen LogP contribution >= 0.6 is 0 Å². The first-order chi connectivity index (χ1) is 14.7. The van der Waals surface area contributed by atoms with Crippen LogP contribution in [-0.2, 0) is 0 Å². The van der Waals surface area contributed by atoms with Crippen LogP contribution in [0.4, 0.5) is 13.2 Å². The molecule has 0 saturated heterocycles. The quantitative estimate of drug-likeness (QED) is 0.722. The van der Waals surface area contributed by atoms with Crippen molar-refractivity contribution in [3.8, 4) is 0 Å². The van der Waals surface area contributed by atoms with Crippen LogP contribution in [-0.4, -0.2) is 28.4 Å². The summed E-state index contributed by atoms with van der Waals surface area (Å²) >= 11 is 0. The lowest BCUT2D eigenvalue weighted by Crippen LogP contribution is -2.61. The lowest BCUT2D eigenvalue weighted by molar-refractivity contribution is -0.137. The lowest BCUT2D eigenvalue weighted by atomic mass is 9.52. The highest BCUT2D eigenvalue weighted by Gasteiger charge is 2.55. The average Bonchev–Trinajstić information content (AvgIpc) is 2.69. The molecule has 2 atom stereocenters. The van der Waals surface area contributed by atoms with Crippen molar-refractivity contribution in [3.63, 3.8) is 0 Å². The number of carbonyl (C=O) groups excluding carboxylic acids is 2.